The van der Waals surface area contributed by atoms with E-state index in [4.69, 9.17) is 9.47 Å². The van der Waals surface area contributed by atoms with Gasteiger partial charge in [-0.2, -0.15) is 0 Å². The van der Waals surface area contributed by atoms with E-state index in [0.29, 0.717) is 11.9 Å². The van der Waals surface area contributed by atoms with E-state index in [1.807, 2.05) is 42.5 Å². The number of pyridine rings is 1. The number of carbonyl (C=O) groups excluding carboxylic acids is 1. The monoisotopic (exact) mass is 327 g/mol. The highest BCUT2D eigenvalue weighted by Gasteiger charge is 2.31. The van der Waals surface area contributed by atoms with Crippen LogP contribution in [0, 0.1) is 0 Å². The lowest BCUT2D eigenvalue weighted by atomic mass is 9.86. The van der Waals surface area contributed by atoms with Crippen molar-refractivity contribution in [3.8, 4) is 5.88 Å². The van der Waals surface area contributed by atoms with Gasteiger partial charge in [0.1, 0.15) is 6.61 Å². The highest BCUT2D eigenvalue weighted by Crippen LogP contribution is 2.28. The maximum absolute atomic E-state index is 11.8. The molecule has 2 aromatic rings. The van der Waals surface area contributed by atoms with Crippen molar-refractivity contribution in [3.05, 3.63) is 54.2 Å². The molecule has 1 amide bonds. The second kappa shape index (κ2) is 7.68. The number of nitrogens with one attached hydrogen (secondary N) is 2. The Morgan fingerprint density at radius 1 is 1.17 bits per heavy atom. The number of ether oxygens (including phenoxy) is 2. The van der Waals surface area contributed by atoms with Gasteiger partial charge in [-0.15, -0.1) is 0 Å². The van der Waals surface area contributed by atoms with E-state index in [9.17, 15) is 4.79 Å². The average molecular weight is 327 g/mol. The smallest absolute Gasteiger partial charge is 0.407 e. The zero-order valence-electron chi connectivity index (χ0n) is 13.6. The summed E-state index contributed by atoms with van der Waals surface area (Å²) in [5.41, 5.74) is 1.85. The maximum Gasteiger partial charge on any atom is 0.407 e. The minimum absolute atomic E-state index is 0.133. The van der Waals surface area contributed by atoms with E-state index in [0.717, 1.165) is 24.1 Å². The van der Waals surface area contributed by atoms with Crippen LogP contribution in [-0.4, -0.2) is 30.3 Å². The fourth-order valence-electron chi connectivity index (χ4n) is 2.67. The number of carbonyl (C=O) groups is 1. The van der Waals surface area contributed by atoms with Crippen LogP contribution in [0.15, 0.2) is 48.7 Å². The molecule has 1 saturated carbocycles. The van der Waals surface area contributed by atoms with Crippen LogP contribution < -0.4 is 15.4 Å². The van der Waals surface area contributed by atoms with E-state index in [2.05, 4.69) is 15.6 Å². The molecule has 1 aromatic heterocycles. The van der Waals surface area contributed by atoms with Crippen molar-refractivity contribution in [2.75, 3.05) is 12.4 Å². The molecule has 126 valence electrons. The van der Waals surface area contributed by atoms with Crippen LogP contribution in [0.1, 0.15) is 18.4 Å². The molecule has 1 aliphatic carbocycles. The quantitative estimate of drug-likeness (QED) is 0.853. The van der Waals surface area contributed by atoms with E-state index >= 15 is 0 Å². The van der Waals surface area contributed by atoms with Gasteiger partial charge in [-0.05, 0) is 30.5 Å². The van der Waals surface area contributed by atoms with Crippen LogP contribution >= 0.6 is 0 Å². The Hall–Kier alpha value is -2.76. The molecule has 1 aliphatic rings. The predicted octanol–water partition coefficient (Wildman–Crippen LogP) is 2.96. The van der Waals surface area contributed by atoms with Gasteiger partial charge in [0.05, 0.1) is 12.8 Å². The second-order valence-corrected chi connectivity index (χ2v) is 5.78. The third kappa shape index (κ3) is 4.16. The van der Waals surface area contributed by atoms with Gasteiger partial charge in [-0.25, -0.2) is 9.78 Å². The zero-order chi connectivity index (χ0) is 16.8. The minimum Gasteiger partial charge on any atom is -0.480 e. The molecule has 0 atom stereocenters. The van der Waals surface area contributed by atoms with E-state index in [-0.39, 0.29) is 18.7 Å². The summed E-state index contributed by atoms with van der Waals surface area (Å²) in [5.74, 6) is 0.580. The van der Waals surface area contributed by atoms with Gasteiger partial charge in [0.15, 0.2) is 0 Å². The van der Waals surface area contributed by atoms with Crippen molar-refractivity contribution in [2.24, 2.45) is 0 Å². The van der Waals surface area contributed by atoms with Crippen LogP contribution in [-0.2, 0) is 11.3 Å². The molecule has 1 heterocycles. The Kier molecular flexibility index (Phi) is 5.15. The number of alkyl carbamates (subject to hydrolysis) is 1. The summed E-state index contributed by atoms with van der Waals surface area (Å²) in [4.78, 5) is 16.0. The number of hydrogen-bond acceptors (Lipinski definition) is 5. The summed E-state index contributed by atoms with van der Waals surface area (Å²) < 4.78 is 10.4. The van der Waals surface area contributed by atoms with Crippen LogP contribution in [0.2, 0.25) is 0 Å². The third-order valence-corrected chi connectivity index (χ3v) is 4.00. The summed E-state index contributed by atoms with van der Waals surface area (Å²) in [6.45, 7) is 0.286. The fourth-order valence-corrected chi connectivity index (χ4v) is 2.67. The predicted molar refractivity (Wildman–Crippen MR) is 91.0 cm³/mol. The molecular formula is C18H21N3O3. The van der Waals surface area contributed by atoms with Crippen molar-refractivity contribution in [2.45, 2.75) is 31.5 Å². The fraction of sp³-hybridized carbons (Fsp3) is 0.333. The molecule has 6 nitrogen and oxygen atoms in total. The lowest BCUT2D eigenvalue weighted by Gasteiger charge is -2.36. The molecule has 0 aliphatic heterocycles. The van der Waals surface area contributed by atoms with E-state index in [1.54, 1.807) is 13.3 Å². The second-order valence-electron chi connectivity index (χ2n) is 5.78. The van der Waals surface area contributed by atoms with Gasteiger partial charge >= 0.3 is 6.09 Å². The standard InChI is InChI=1S/C18H21N3O3/c1-23-17-16(8-5-9-19-17)20-14-10-15(11-14)21-18(22)24-12-13-6-3-2-4-7-13/h2-9,14-15,20H,10-12H2,1H3,(H,21,22). The average Bonchev–Trinajstić information content (AvgIpc) is 2.59. The molecule has 3 rings (SSSR count). The van der Waals surface area contributed by atoms with Crippen LogP contribution in [0.3, 0.4) is 0 Å². The topological polar surface area (TPSA) is 72.5 Å². The van der Waals surface area contributed by atoms with Gasteiger partial charge in [-0.3, -0.25) is 0 Å². The number of anilines is 1. The van der Waals surface area contributed by atoms with Crippen molar-refractivity contribution in [3.63, 3.8) is 0 Å². The van der Waals surface area contributed by atoms with Gasteiger partial charge in [0.25, 0.3) is 0 Å². The molecule has 2 N–H and O–H groups in total. The Balaban J connectivity index is 1.38. The highest BCUT2D eigenvalue weighted by molar-refractivity contribution is 5.68. The Labute approximate surface area is 141 Å². The molecule has 0 unspecified atom stereocenters. The van der Waals surface area contributed by atoms with Crippen molar-refractivity contribution in [1.82, 2.24) is 10.3 Å². The molecule has 0 bridgehead atoms. The molecule has 1 fully saturated rings. The number of rotatable bonds is 6. The first-order valence-electron chi connectivity index (χ1n) is 7.97. The number of aromatic nitrogens is 1. The van der Waals surface area contributed by atoms with Crippen LogP contribution in [0.25, 0.3) is 0 Å². The first kappa shape index (κ1) is 16.1. The summed E-state index contributed by atoms with van der Waals surface area (Å²) in [7, 11) is 1.60. The molecule has 1 aromatic carbocycles. The maximum atomic E-state index is 11.8. The Bertz CT molecular complexity index is 672. The molecular weight excluding hydrogens is 306 g/mol. The Morgan fingerprint density at radius 3 is 2.71 bits per heavy atom. The first-order valence-corrected chi connectivity index (χ1v) is 7.97. The SMILES string of the molecule is COc1ncccc1NC1CC(NC(=O)OCc2ccccc2)C1. The van der Waals surface area contributed by atoms with Crippen LogP contribution in [0.5, 0.6) is 5.88 Å². The number of amides is 1. The lowest BCUT2D eigenvalue weighted by Crippen LogP contribution is -2.49. The number of benzene rings is 1. The summed E-state index contributed by atoms with van der Waals surface area (Å²) >= 11 is 0. The number of hydrogen-bond donors (Lipinski definition) is 2. The lowest BCUT2D eigenvalue weighted by molar-refractivity contribution is 0.129. The normalized spacial score (nSPS) is 19.0. The Morgan fingerprint density at radius 2 is 1.96 bits per heavy atom. The number of methoxy groups -OCH3 is 1. The number of nitrogens with zero attached hydrogens (tertiary/aromatic N) is 1. The summed E-state index contributed by atoms with van der Waals surface area (Å²) in [6, 6.07) is 13.9. The zero-order valence-corrected chi connectivity index (χ0v) is 13.6. The molecule has 0 saturated heterocycles. The third-order valence-electron chi connectivity index (χ3n) is 4.00. The molecule has 0 spiro atoms. The van der Waals surface area contributed by atoms with Gasteiger partial charge in [0.2, 0.25) is 5.88 Å². The van der Waals surface area contributed by atoms with Crippen molar-refractivity contribution < 1.29 is 14.3 Å². The summed E-state index contributed by atoms with van der Waals surface area (Å²) in [5, 5.41) is 6.26. The molecule has 0 radical (unpaired) electrons. The minimum atomic E-state index is -0.374. The highest BCUT2D eigenvalue weighted by atomic mass is 16.5. The van der Waals surface area contributed by atoms with Gasteiger partial charge in [-0.1, -0.05) is 30.3 Å². The van der Waals surface area contributed by atoms with Gasteiger partial charge in [0, 0.05) is 18.3 Å². The van der Waals surface area contributed by atoms with Crippen LogP contribution in [0.4, 0.5) is 10.5 Å². The molecule has 24 heavy (non-hydrogen) atoms. The molecule has 6 heteroatoms. The first-order chi connectivity index (χ1) is 11.7. The van der Waals surface area contributed by atoms with Crippen molar-refractivity contribution >= 4 is 11.8 Å². The summed E-state index contributed by atoms with van der Waals surface area (Å²) in [6.07, 6.45) is 3.01. The van der Waals surface area contributed by atoms with E-state index in [1.165, 1.54) is 0 Å². The van der Waals surface area contributed by atoms with Crippen molar-refractivity contribution in [1.29, 1.82) is 0 Å². The van der Waals surface area contributed by atoms with Gasteiger partial charge < -0.3 is 20.1 Å². The van der Waals surface area contributed by atoms with E-state index < -0.39 is 0 Å². The largest absolute Gasteiger partial charge is 0.480 e.